The number of hydrogen-bond acceptors (Lipinski definition) is 5. The predicted octanol–water partition coefficient (Wildman–Crippen LogP) is 4.17. The normalized spacial score (nSPS) is 16.9. The Bertz CT molecular complexity index is 935. The van der Waals surface area contributed by atoms with Crippen LogP contribution in [-0.4, -0.2) is 28.2 Å². The summed E-state index contributed by atoms with van der Waals surface area (Å²) in [6.45, 7) is 8.28. The summed E-state index contributed by atoms with van der Waals surface area (Å²) in [6.07, 6.45) is 0.876. The summed E-state index contributed by atoms with van der Waals surface area (Å²) in [7, 11) is 0. The van der Waals surface area contributed by atoms with Crippen LogP contribution in [0.3, 0.4) is 0 Å². The molecule has 0 bridgehead atoms. The zero-order chi connectivity index (χ0) is 18.8. The van der Waals surface area contributed by atoms with Crippen molar-refractivity contribution in [2.24, 2.45) is 0 Å². The Balaban J connectivity index is 1.51. The lowest BCUT2D eigenvalue weighted by Gasteiger charge is -2.34. The van der Waals surface area contributed by atoms with Gasteiger partial charge in [0.2, 0.25) is 11.8 Å². The lowest BCUT2D eigenvalue weighted by Crippen LogP contribution is -2.37. The highest BCUT2D eigenvalue weighted by Crippen LogP contribution is 2.32. The Morgan fingerprint density at radius 3 is 2.67 bits per heavy atom. The SMILES string of the molecule is Cc1ccc(C)c(OCCN2Cc3ccccc3C[C@@H]2c2nnc(C)o2)c1. The molecule has 3 aromatic rings. The average molecular weight is 363 g/mol. The van der Waals surface area contributed by atoms with Gasteiger partial charge in [0, 0.05) is 20.0 Å². The molecule has 5 heteroatoms. The Morgan fingerprint density at radius 1 is 1.07 bits per heavy atom. The summed E-state index contributed by atoms with van der Waals surface area (Å²) in [5.74, 6) is 2.25. The lowest BCUT2D eigenvalue weighted by molar-refractivity contribution is 0.120. The standard InChI is InChI=1S/C22H25N3O2/c1-15-8-9-16(2)21(12-15)26-11-10-25-14-19-7-5-4-6-18(19)13-20(25)22-24-23-17(3)27-22/h4-9,12,20H,10-11,13-14H2,1-3H3/t20-/m1/s1. The summed E-state index contributed by atoms with van der Waals surface area (Å²) in [5.41, 5.74) is 5.08. The van der Waals surface area contributed by atoms with Gasteiger partial charge in [0.15, 0.2) is 0 Å². The minimum Gasteiger partial charge on any atom is -0.492 e. The van der Waals surface area contributed by atoms with Crippen molar-refractivity contribution in [2.45, 2.75) is 39.8 Å². The Morgan fingerprint density at radius 2 is 1.89 bits per heavy atom. The summed E-state index contributed by atoms with van der Waals surface area (Å²) in [5, 5.41) is 8.31. The molecule has 2 aromatic carbocycles. The molecule has 0 aliphatic carbocycles. The smallest absolute Gasteiger partial charge is 0.233 e. The van der Waals surface area contributed by atoms with Gasteiger partial charge in [0.1, 0.15) is 12.4 Å². The van der Waals surface area contributed by atoms with Crippen LogP contribution in [0.1, 0.15) is 40.1 Å². The maximum Gasteiger partial charge on any atom is 0.233 e. The molecular weight excluding hydrogens is 338 g/mol. The highest BCUT2D eigenvalue weighted by atomic mass is 16.5. The maximum atomic E-state index is 6.09. The Labute approximate surface area is 160 Å². The van der Waals surface area contributed by atoms with Crippen molar-refractivity contribution in [3.8, 4) is 5.75 Å². The van der Waals surface area contributed by atoms with Gasteiger partial charge >= 0.3 is 0 Å². The van der Waals surface area contributed by atoms with Gasteiger partial charge in [-0.15, -0.1) is 10.2 Å². The van der Waals surface area contributed by atoms with Crippen LogP contribution in [0.4, 0.5) is 0 Å². The molecule has 1 aromatic heterocycles. The van der Waals surface area contributed by atoms with Crippen molar-refractivity contribution >= 4 is 0 Å². The third-order valence-corrected chi connectivity index (χ3v) is 5.15. The number of fused-ring (bicyclic) bond motifs is 1. The van der Waals surface area contributed by atoms with E-state index < -0.39 is 0 Å². The first-order chi connectivity index (χ1) is 13.1. The number of benzene rings is 2. The van der Waals surface area contributed by atoms with Crippen molar-refractivity contribution in [1.29, 1.82) is 0 Å². The lowest BCUT2D eigenvalue weighted by atomic mass is 9.94. The van der Waals surface area contributed by atoms with Gasteiger partial charge in [-0.3, -0.25) is 4.90 Å². The van der Waals surface area contributed by atoms with Crippen molar-refractivity contribution in [1.82, 2.24) is 15.1 Å². The van der Waals surface area contributed by atoms with E-state index in [-0.39, 0.29) is 6.04 Å². The van der Waals surface area contributed by atoms with Gasteiger partial charge in [-0.05, 0) is 48.6 Å². The molecule has 27 heavy (non-hydrogen) atoms. The van der Waals surface area contributed by atoms with Crippen LogP contribution in [0.2, 0.25) is 0 Å². The molecule has 0 saturated carbocycles. The van der Waals surface area contributed by atoms with E-state index in [2.05, 4.69) is 71.4 Å². The second-order valence-corrected chi connectivity index (χ2v) is 7.24. The molecule has 0 saturated heterocycles. The zero-order valence-electron chi connectivity index (χ0n) is 16.1. The van der Waals surface area contributed by atoms with Gasteiger partial charge in [-0.2, -0.15) is 0 Å². The van der Waals surface area contributed by atoms with E-state index in [9.17, 15) is 0 Å². The zero-order valence-corrected chi connectivity index (χ0v) is 16.1. The molecule has 2 heterocycles. The molecule has 0 radical (unpaired) electrons. The van der Waals surface area contributed by atoms with Crippen LogP contribution in [0.15, 0.2) is 46.9 Å². The number of aromatic nitrogens is 2. The van der Waals surface area contributed by atoms with Gasteiger partial charge < -0.3 is 9.15 Å². The monoisotopic (exact) mass is 363 g/mol. The number of nitrogens with zero attached hydrogens (tertiary/aromatic N) is 3. The second kappa shape index (κ2) is 7.53. The quantitative estimate of drug-likeness (QED) is 0.681. The molecule has 1 aliphatic rings. The van der Waals surface area contributed by atoms with Gasteiger partial charge in [-0.1, -0.05) is 36.4 Å². The van der Waals surface area contributed by atoms with Gasteiger partial charge in [-0.25, -0.2) is 0 Å². The molecule has 0 fully saturated rings. The van der Waals surface area contributed by atoms with Gasteiger partial charge in [0.05, 0.1) is 6.04 Å². The maximum absolute atomic E-state index is 6.09. The highest BCUT2D eigenvalue weighted by Gasteiger charge is 2.30. The van der Waals surface area contributed by atoms with Crippen LogP contribution in [0.25, 0.3) is 0 Å². The van der Waals surface area contributed by atoms with Gasteiger partial charge in [0.25, 0.3) is 0 Å². The molecule has 5 nitrogen and oxygen atoms in total. The van der Waals surface area contributed by atoms with Crippen molar-refractivity contribution in [3.05, 3.63) is 76.5 Å². The van der Waals surface area contributed by atoms with Crippen LogP contribution in [-0.2, 0) is 13.0 Å². The van der Waals surface area contributed by atoms with E-state index in [1.54, 1.807) is 0 Å². The number of rotatable bonds is 5. The second-order valence-electron chi connectivity index (χ2n) is 7.24. The van der Waals surface area contributed by atoms with Crippen molar-refractivity contribution in [2.75, 3.05) is 13.2 Å². The Kier molecular flexibility index (Phi) is 4.94. The summed E-state index contributed by atoms with van der Waals surface area (Å²) in [4.78, 5) is 2.38. The minimum atomic E-state index is 0.0864. The first kappa shape index (κ1) is 17.7. The predicted molar refractivity (Wildman–Crippen MR) is 104 cm³/mol. The molecule has 0 N–H and O–H groups in total. The molecule has 1 aliphatic heterocycles. The summed E-state index contributed by atoms with van der Waals surface area (Å²) >= 11 is 0. The fourth-order valence-corrected chi connectivity index (χ4v) is 3.64. The summed E-state index contributed by atoms with van der Waals surface area (Å²) in [6, 6.07) is 15.0. The van der Waals surface area contributed by atoms with E-state index in [1.165, 1.54) is 16.7 Å². The average Bonchev–Trinajstić information content (AvgIpc) is 3.10. The molecular formula is C22H25N3O2. The third kappa shape index (κ3) is 3.88. The largest absolute Gasteiger partial charge is 0.492 e. The fraction of sp³-hybridized carbons (Fsp3) is 0.364. The van der Waals surface area contributed by atoms with Crippen LogP contribution in [0.5, 0.6) is 5.75 Å². The van der Waals surface area contributed by atoms with Crippen molar-refractivity contribution < 1.29 is 9.15 Å². The van der Waals surface area contributed by atoms with E-state index >= 15 is 0 Å². The van der Waals surface area contributed by atoms with Crippen LogP contribution >= 0.6 is 0 Å². The fourth-order valence-electron chi connectivity index (χ4n) is 3.64. The number of aryl methyl sites for hydroxylation is 3. The molecule has 140 valence electrons. The third-order valence-electron chi connectivity index (χ3n) is 5.15. The Hall–Kier alpha value is -2.66. The minimum absolute atomic E-state index is 0.0864. The number of hydrogen-bond donors (Lipinski definition) is 0. The number of ether oxygens (including phenoxy) is 1. The highest BCUT2D eigenvalue weighted by molar-refractivity contribution is 5.36. The van der Waals surface area contributed by atoms with E-state index in [4.69, 9.17) is 9.15 Å². The topological polar surface area (TPSA) is 51.4 Å². The van der Waals surface area contributed by atoms with Crippen molar-refractivity contribution in [3.63, 3.8) is 0 Å². The molecule has 0 amide bonds. The molecule has 0 spiro atoms. The molecule has 0 unspecified atom stereocenters. The first-order valence-electron chi connectivity index (χ1n) is 9.41. The molecule has 1 atom stereocenters. The van der Waals surface area contributed by atoms with E-state index in [1.807, 2.05) is 6.92 Å². The van der Waals surface area contributed by atoms with Crippen LogP contribution in [0, 0.1) is 20.8 Å². The summed E-state index contributed by atoms with van der Waals surface area (Å²) < 4.78 is 11.9. The van der Waals surface area contributed by atoms with E-state index in [0.29, 0.717) is 18.4 Å². The van der Waals surface area contributed by atoms with Crippen LogP contribution < -0.4 is 4.74 Å². The molecule has 4 rings (SSSR count). The first-order valence-corrected chi connectivity index (χ1v) is 9.41. The van der Waals surface area contributed by atoms with E-state index in [0.717, 1.165) is 30.8 Å².